The second-order valence-electron chi connectivity index (χ2n) is 4.93. The number of hydrogen-bond acceptors (Lipinski definition) is 3. The van der Waals surface area contributed by atoms with Crippen LogP contribution in [0.4, 0.5) is 0 Å². The molecule has 0 spiro atoms. The summed E-state index contributed by atoms with van der Waals surface area (Å²) >= 11 is 0. The SMILES string of the molecule is CC(C)CNC(=O)COCC1CCCNC1. The Kier molecular flexibility index (Phi) is 6.42. The fourth-order valence-corrected chi connectivity index (χ4v) is 1.75. The van der Waals surface area contributed by atoms with E-state index in [0.717, 1.165) is 19.6 Å². The van der Waals surface area contributed by atoms with Gasteiger partial charge in [0.25, 0.3) is 0 Å². The van der Waals surface area contributed by atoms with Gasteiger partial charge < -0.3 is 15.4 Å². The lowest BCUT2D eigenvalue weighted by Crippen LogP contribution is -2.34. The standard InChI is InChI=1S/C12H24N2O2/c1-10(2)6-14-12(15)9-16-8-11-4-3-5-13-7-11/h10-11,13H,3-9H2,1-2H3,(H,14,15). The fraction of sp³-hybridized carbons (Fsp3) is 0.917. The van der Waals surface area contributed by atoms with Crippen LogP contribution in [-0.2, 0) is 9.53 Å². The molecule has 4 nitrogen and oxygen atoms in total. The van der Waals surface area contributed by atoms with Gasteiger partial charge in [-0.05, 0) is 31.2 Å². The number of carbonyl (C=O) groups is 1. The Bertz CT molecular complexity index is 201. The summed E-state index contributed by atoms with van der Waals surface area (Å²) in [6.07, 6.45) is 2.42. The molecule has 0 aliphatic carbocycles. The van der Waals surface area contributed by atoms with E-state index in [1.807, 2.05) is 0 Å². The van der Waals surface area contributed by atoms with Gasteiger partial charge in [0.2, 0.25) is 5.91 Å². The van der Waals surface area contributed by atoms with Crippen LogP contribution in [0.2, 0.25) is 0 Å². The monoisotopic (exact) mass is 228 g/mol. The zero-order valence-electron chi connectivity index (χ0n) is 10.4. The predicted octanol–water partition coefficient (Wildman–Crippen LogP) is 0.775. The van der Waals surface area contributed by atoms with Crippen molar-refractivity contribution in [3.63, 3.8) is 0 Å². The molecule has 1 saturated heterocycles. The van der Waals surface area contributed by atoms with Gasteiger partial charge in [0, 0.05) is 13.1 Å². The Morgan fingerprint density at radius 2 is 2.38 bits per heavy atom. The van der Waals surface area contributed by atoms with E-state index in [4.69, 9.17) is 4.74 Å². The molecule has 1 rings (SSSR count). The number of amides is 1. The number of nitrogens with one attached hydrogen (secondary N) is 2. The molecule has 0 bridgehead atoms. The van der Waals surface area contributed by atoms with Crippen molar-refractivity contribution in [1.82, 2.24) is 10.6 Å². The molecule has 0 aromatic rings. The van der Waals surface area contributed by atoms with Crippen LogP contribution in [0.5, 0.6) is 0 Å². The Balaban J connectivity index is 1.99. The third-order valence-corrected chi connectivity index (χ3v) is 2.69. The van der Waals surface area contributed by atoms with Crippen LogP contribution in [-0.4, -0.2) is 38.8 Å². The molecule has 0 saturated carbocycles. The summed E-state index contributed by atoms with van der Waals surface area (Å²) in [6, 6.07) is 0. The summed E-state index contributed by atoms with van der Waals surface area (Å²) in [7, 11) is 0. The molecule has 1 heterocycles. The summed E-state index contributed by atoms with van der Waals surface area (Å²) in [5.74, 6) is 1.07. The zero-order valence-corrected chi connectivity index (χ0v) is 10.4. The highest BCUT2D eigenvalue weighted by atomic mass is 16.5. The largest absolute Gasteiger partial charge is 0.371 e. The molecule has 0 aromatic heterocycles. The molecule has 2 N–H and O–H groups in total. The maximum atomic E-state index is 11.3. The molecular formula is C12H24N2O2. The smallest absolute Gasteiger partial charge is 0.246 e. The van der Waals surface area contributed by atoms with Crippen molar-refractivity contribution in [1.29, 1.82) is 0 Å². The highest BCUT2D eigenvalue weighted by Gasteiger charge is 2.13. The molecule has 0 aromatic carbocycles. The van der Waals surface area contributed by atoms with Crippen LogP contribution in [0.25, 0.3) is 0 Å². The van der Waals surface area contributed by atoms with E-state index in [9.17, 15) is 4.79 Å². The van der Waals surface area contributed by atoms with Crippen LogP contribution < -0.4 is 10.6 Å². The second-order valence-corrected chi connectivity index (χ2v) is 4.93. The molecule has 1 fully saturated rings. The van der Waals surface area contributed by atoms with Gasteiger partial charge in [0.15, 0.2) is 0 Å². The lowest BCUT2D eigenvalue weighted by atomic mass is 10.0. The first-order valence-corrected chi connectivity index (χ1v) is 6.23. The first-order chi connectivity index (χ1) is 7.68. The van der Waals surface area contributed by atoms with Crippen molar-refractivity contribution in [3.05, 3.63) is 0 Å². The summed E-state index contributed by atoms with van der Waals surface area (Å²) in [5, 5.41) is 6.17. The molecule has 0 radical (unpaired) electrons. The van der Waals surface area contributed by atoms with Crippen LogP contribution in [0.15, 0.2) is 0 Å². The number of hydrogen-bond donors (Lipinski definition) is 2. The lowest BCUT2D eigenvalue weighted by Gasteiger charge is -2.22. The average molecular weight is 228 g/mol. The van der Waals surface area contributed by atoms with Crippen molar-refractivity contribution < 1.29 is 9.53 Å². The van der Waals surface area contributed by atoms with Gasteiger partial charge >= 0.3 is 0 Å². The molecule has 4 heteroatoms. The minimum absolute atomic E-state index is 0.00234. The quantitative estimate of drug-likeness (QED) is 0.706. The van der Waals surface area contributed by atoms with Gasteiger partial charge in [0.05, 0.1) is 6.61 Å². The molecule has 1 atom stereocenters. The topological polar surface area (TPSA) is 50.4 Å². The number of piperidine rings is 1. The van der Waals surface area contributed by atoms with Gasteiger partial charge in [-0.1, -0.05) is 13.8 Å². The number of carbonyl (C=O) groups excluding carboxylic acids is 1. The van der Waals surface area contributed by atoms with Crippen LogP contribution >= 0.6 is 0 Å². The third-order valence-electron chi connectivity index (χ3n) is 2.69. The molecule has 16 heavy (non-hydrogen) atoms. The summed E-state index contributed by atoms with van der Waals surface area (Å²) in [5.41, 5.74) is 0. The van der Waals surface area contributed by atoms with E-state index < -0.39 is 0 Å². The molecular weight excluding hydrogens is 204 g/mol. The Hall–Kier alpha value is -0.610. The van der Waals surface area contributed by atoms with Crippen LogP contribution in [0.1, 0.15) is 26.7 Å². The lowest BCUT2D eigenvalue weighted by molar-refractivity contribution is -0.126. The summed E-state index contributed by atoms with van der Waals surface area (Å²) in [6.45, 7) is 7.92. The normalized spacial score (nSPS) is 21.1. The van der Waals surface area contributed by atoms with E-state index in [2.05, 4.69) is 24.5 Å². The van der Waals surface area contributed by atoms with Crippen molar-refractivity contribution >= 4 is 5.91 Å². The number of rotatable bonds is 6. The fourth-order valence-electron chi connectivity index (χ4n) is 1.75. The number of ether oxygens (including phenoxy) is 1. The van der Waals surface area contributed by atoms with E-state index in [-0.39, 0.29) is 12.5 Å². The maximum absolute atomic E-state index is 11.3. The van der Waals surface area contributed by atoms with Gasteiger partial charge in [-0.2, -0.15) is 0 Å². The van der Waals surface area contributed by atoms with Crippen LogP contribution in [0, 0.1) is 11.8 Å². The van der Waals surface area contributed by atoms with Crippen molar-refractivity contribution in [3.8, 4) is 0 Å². The predicted molar refractivity (Wildman–Crippen MR) is 64.3 cm³/mol. The Morgan fingerprint density at radius 1 is 1.56 bits per heavy atom. The van der Waals surface area contributed by atoms with Gasteiger partial charge in [-0.25, -0.2) is 0 Å². The molecule has 1 amide bonds. The molecule has 1 aliphatic rings. The Labute approximate surface area is 98.1 Å². The van der Waals surface area contributed by atoms with E-state index in [1.54, 1.807) is 0 Å². The van der Waals surface area contributed by atoms with Crippen LogP contribution in [0.3, 0.4) is 0 Å². The minimum atomic E-state index is -0.00234. The Morgan fingerprint density at radius 3 is 3.00 bits per heavy atom. The first-order valence-electron chi connectivity index (χ1n) is 6.23. The summed E-state index contributed by atoms with van der Waals surface area (Å²) in [4.78, 5) is 11.3. The third kappa shape index (κ3) is 6.08. The molecule has 1 aliphatic heterocycles. The van der Waals surface area contributed by atoms with Crippen molar-refractivity contribution in [2.45, 2.75) is 26.7 Å². The highest BCUT2D eigenvalue weighted by molar-refractivity contribution is 5.77. The molecule has 94 valence electrons. The second kappa shape index (κ2) is 7.63. The minimum Gasteiger partial charge on any atom is -0.371 e. The van der Waals surface area contributed by atoms with Gasteiger partial charge in [-0.3, -0.25) is 4.79 Å². The maximum Gasteiger partial charge on any atom is 0.246 e. The van der Waals surface area contributed by atoms with E-state index in [0.29, 0.717) is 18.4 Å². The highest BCUT2D eigenvalue weighted by Crippen LogP contribution is 2.09. The molecule has 1 unspecified atom stereocenters. The zero-order chi connectivity index (χ0) is 11.8. The first kappa shape index (κ1) is 13.5. The summed E-state index contributed by atoms with van der Waals surface area (Å²) < 4.78 is 5.42. The van der Waals surface area contributed by atoms with Gasteiger partial charge in [-0.15, -0.1) is 0 Å². The van der Waals surface area contributed by atoms with Crippen molar-refractivity contribution in [2.24, 2.45) is 11.8 Å². The van der Waals surface area contributed by atoms with Crippen molar-refractivity contribution in [2.75, 3.05) is 32.8 Å². The van der Waals surface area contributed by atoms with E-state index in [1.165, 1.54) is 12.8 Å². The average Bonchev–Trinajstić information content (AvgIpc) is 2.28. The van der Waals surface area contributed by atoms with Gasteiger partial charge in [0.1, 0.15) is 6.61 Å². The van der Waals surface area contributed by atoms with E-state index >= 15 is 0 Å².